The summed E-state index contributed by atoms with van der Waals surface area (Å²) in [6.45, 7) is 9.17. The summed E-state index contributed by atoms with van der Waals surface area (Å²) < 4.78 is 1.73. The lowest BCUT2D eigenvalue weighted by molar-refractivity contribution is 0.264. The van der Waals surface area contributed by atoms with E-state index in [0.29, 0.717) is 12.4 Å². The molecule has 0 spiro atoms. The smallest absolute Gasteiger partial charge is 0.293 e. The molecule has 0 atom stereocenters. The summed E-state index contributed by atoms with van der Waals surface area (Å²) >= 11 is 0. The Bertz CT molecular complexity index is 462. The van der Waals surface area contributed by atoms with Crippen LogP contribution >= 0.6 is 0 Å². The van der Waals surface area contributed by atoms with Crippen LogP contribution in [0, 0.1) is 0 Å². The Hall–Kier alpha value is -1.40. The molecule has 2 N–H and O–H groups in total. The summed E-state index contributed by atoms with van der Waals surface area (Å²) in [5, 5.41) is 0. The van der Waals surface area contributed by atoms with E-state index in [2.05, 4.69) is 14.8 Å². The Morgan fingerprint density at radius 2 is 2.00 bits per heavy atom. The second kappa shape index (κ2) is 6.16. The van der Waals surface area contributed by atoms with Crippen molar-refractivity contribution in [2.45, 2.75) is 19.9 Å². The molecule has 0 radical (unpaired) electrons. The van der Waals surface area contributed by atoms with Crippen molar-refractivity contribution in [3.05, 3.63) is 22.7 Å². The van der Waals surface area contributed by atoms with Gasteiger partial charge >= 0.3 is 0 Å². The molecule has 1 aromatic rings. The maximum Gasteiger partial charge on any atom is 0.293 e. The summed E-state index contributed by atoms with van der Waals surface area (Å²) in [6.07, 6.45) is 3.46. The van der Waals surface area contributed by atoms with Crippen LogP contribution in [0.25, 0.3) is 0 Å². The molecule has 0 amide bonds. The van der Waals surface area contributed by atoms with Gasteiger partial charge in [-0.15, -0.1) is 0 Å². The average Bonchev–Trinajstić information content (AvgIpc) is 2.40. The first-order valence-electron chi connectivity index (χ1n) is 6.88. The fraction of sp³-hybridized carbons (Fsp3) is 0.692. The van der Waals surface area contributed by atoms with Crippen molar-refractivity contribution in [1.82, 2.24) is 14.5 Å². The first-order chi connectivity index (χ1) is 9.13. The van der Waals surface area contributed by atoms with Crippen molar-refractivity contribution in [3.8, 4) is 0 Å². The Labute approximate surface area is 113 Å². The average molecular weight is 265 g/mol. The van der Waals surface area contributed by atoms with Crippen LogP contribution in [-0.4, -0.2) is 53.7 Å². The van der Waals surface area contributed by atoms with E-state index in [4.69, 9.17) is 5.73 Å². The molecule has 1 fully saturated rings. The maximum atomic E-state index is 12.3. The zero-order chi connectivity index (χ0) is 13.8. The van der Waals surface area contributed by atoms with Crippen LogP contribution in [-0.2, 0) is 0 Å². The SMILES string of the molecule is CC(C)n1ccnc(N2CCN(CCN)CC2)c1=O. The molecule has 1 aliphatic rings. The van der Waals surface area contributed by atoms with E-state index in [9.17, 15) is 4.79 Å². The van der Waals surface area contributed by atoms with Gasteiger partial charge in [0.2, 0.25) is 0 Å². The molecule has 0 aromatic carbocycles. The highest BCUT2D eigenvalue weighted by molar-refractivity contribution is 5.36. The standard InChI is InChI=1S/C13H23N5O/c1-11(2)18-6-4-15-12(13(18)19)17-9-7-16(5-3-14)8-10-17/h4,6,11H,3,5,7-10,14H2,1-2H3. The molecule has 0 unspecified atom stereocenters. The summed E-state index contributed by atoms with van der Waals surface area (Å²) in [7, 11) is 0. The lowest BCUT2D eigenvalue weighted by Crippen LogP contribution is -2.49. The Kier molecular flexibility index (Phi) is 4.55. The van der Waals surface area contributed by atoms with E-state index in [1.165, 1.54) is 0 Å². The van der Waals surface area contributed by atoms with Crippen molar-refractivity contribution in [1.29, 1.82) is 0 Å². The van der Waals surface area contributed by atoms with Crippen molar-refractivity contribution in [2.75, 3.05) is 44.2 Å². The first kappa shape index (κ1) is 14.0. The van der Waals surface area contributed by atoms with Crippen molar-refractivity contribution >= 4 is 5.82 Å². The van der Waals surface area contributed by atoms with E-state index in [1.54, 1.807) is 17.0 Å². The largest absolute Gasteiger partial charge is 0.349 e. The Morgan fingerprint density at radius 1 is 1.32 bits per heavy atom. The lowest BCUT2D eigenvalue weighted by Gasteiger charge is -2.34. The zero-order valence-corrected chi connectivity index (χ0v) is 11.7. The maximum absolute atomic E-state index is 12.3. The third-order valence-corrected chi connectivity index (χ3v) is 3.52. The van der Waals surface area contributed by atoms with Gasteiger partial charge in [0.25, 0.3) is 5.56 Å². The quantitative estimate of drug-likeness (QED) is 0.824. The van der Waals surface area contributed by atoms with Crippen LogP contribution in [0.15, 0.2) is 17.2 Å². The number of hydrogen-bond donors (Lipinski definition) is 1. The number of aromatic nitrogens is 2. The van der Waals surface area contributed by atoms with Gasteiger partial charge in [0.1, 0.15) is 0 Å². The van der Waals surface area contributed by atoms with Crippen molar-refractivity contribution in [2.24, 2.45) is 5.73 Å². The van der Waals surface area contributed by atoms with Crippen molar-refractivity contribution < 1.29 is 0 Å². The van der Waals surface area contributed by atoms with Crippen LogP contribution < -0.4 is 16.2 Å². The topological polar surface area (TPSA) is 67.4 Å². The molecule has 2 rings (SSSR count). The van der Waals surface area contributed by atoms with Crippen LogP contribution in [0.3, 0.4) is 0 Å². The number of rotatable bonds is 4. The van der Waals surface area contributed by atoms with Crippen LogP contribution in [0.5, 0.6) is 0 Å². The highest BCUT2D eigenvalue weighted by Crippen LogP contribution is 2.10. The molecule has 106 valence electrons. The third-order valence-electron chi connectivity index (χ3n) is 3.52. The highest BCUT2D eigenvalue weighted by Gasteiger charge is 2.20. The molecule has 2 heterocycles. The summed E-state index contributed by atoms with van der Waals surface area (Å²) in [4.78, 5) is 21.0. The summed E-state index contributed by atoms with van der Waals surface area (Å²) in [5.74, 6) is 0.573. The monoisotopic (exact) mass is 265 g/mol. The molecule has 0 saturated carbocycles. The molecule has 6 heteroatoms. The number of hydrogen-bond acceptors (Lipinski definition) is 5. The molecule has 1 aromatic heterocycles. The summed E-state index contributed by atoms with van der Waals surface area (Å²) in [6, 6.07) is 0.160. The lowest BCUT2D eigenvalue weighted by atomic mass is 10.3. The molecule has 19 heavy (non-hydrogen) atoms. The number of nitrogens with two attached hydrogens (primary N) is 1. The zero-order valence-electron chi connectivity index (χ0n) is 11.7. The Balaban J connectivity index is 2.12. The minimum absolute atomic E-state index is 0.00442. The summed E-state index contributed by atoms with van der Waals surface area (Å²) in [5.41, 5.74) is 5.57. The fourth-order valence-electron chi connectivity index (χ4n) is 2.40. The van der Waals surface area contributed by atoms with Gasteiger partial charge in [0.05, 0.1) is 0 Å². The molecular formula is C13H23N5O. The van der Waals surface area contributed by atoms with Gasteiger partial charge < -0.3 is 15.2 Å². The van der Waals surface area contributed by atoms with Gasteiger partial charge in [-0.05, 0) is 13.8 Å². The van der Waals surface area contributed by atoms with Crippen LogP contribution in [0.4, 0.5) is 5.82 Å². The second-order valence-electron chi connectivity index (χ2n) is 5.17. The van der Waals surface area contributed by atoms with E-state index < -0.39 is 0 Å². The van der Waals surface area contributed by atoms with Gasteiger partial charge in [-0.2, -0.15) is 0 Å². The molecule has 0 bridgehead atoms. The van der Waals surface area contributed by atoms with E-state index in [-0.39, 0.29) is 11.6 Å². The normalized spacial score (nSPS) is 17.2. The van der Waals surface area contributed by atoms with Crippen LogP contribution in [0.1, 0.15) is 19.9 Å². The van der Waals surface area contributed by atoms with Gasteiger partial charge in [0, 0.05) is 57.7 Å². The third kappa shape index (κ3) is 3.13. The predicted octanol–water partition coefficient (Wildman–Crippen LogP) is -0.0951. The van der Waals surface area contributed by atoms with Crippen molar-refractivity contribution in [3.63, 3.8) is 0 Å². The second-order valence-corrected chi connectivity index (χ2v) is 5.17. The molecule has 1 aliphatic heterocycles. The van der Waals surface area contributed by atoms with Crippen LogP contribution in [0.2, 0.25) is 0 Å². The molecular weight excluding hydrogens is 242 g/mol. The molecule has 0 aliphatic carbocycles. The number of nitrogens with zero attached hydrogens (tertiary/aromatic N) is 4. The highest BCUT2D eigenvalue weighted by atomic mass is 16.1. The van der Waals surface area contributed by atoms with Gasteiger partial charge in [-0.3, -0.25) is 9.69 Å². The number of anilines is 1. The molecule has 6 nitrogen and oxygen atoms in total. The van der Waals surface area contributed by atoms with Gasteiger partial charge in [0.15, 0.2) is 5.82 Å². The fourth-order valence-corrected chi connectivity index (χ4v) is 2.40. The number of piperazine rings is 1. The minimum atomic E-state index is 0.00442. The minimum Gasteiger partial charge on any atom is -0.349 e. The first-order valence-corrected chi connectivity index (χ1v) is 6.88. The van der Waals surface area contributed by atoms with Gasteiger partial charge in [-0.1, -0.05) is 0 Å². The Morgan fingerprint density at radius 3 is 2.58 bits per heavy atom. The van der Waals surface area contributed by atoms with E-state index in [1.807, 2.05) is 13.8 Å². The predicted molar refractivity (Wildman–Crippen MR) is 76.6 cm³/mol. The van der Waals surface area contributed by atoms with Gasteiger partial charge in [-0.25, -0.2) is 4.98 Å². The molecule has 1 saturated heterocycles. The van der Waals surface area contributed by atoms with E-state index in [0.717, 1.165) is 32.7 Å². The van der Waals surface area contributed by atoms with E-state index >= 15 is 0 Å².